The first kappa shape index (κ1) is 15.6. The Balaban J connectivity index is -0.0000000450. The van der Waals surface area contributed by atoms with Gasteiger partial charge in [0.15, 0.2) is 0 Å². The first-order valence-electron chi connectivity index (χ1n) is 0.651. The zero-order valence-electron chi connectivity index (χ0n) is 2.88. The second-order valence-corrected chi connectivity index (χ2v) is 0.848. The van der Waals surface area contributed by atoms with E-state index in [4.69, 9.17) is 14.1 Å². The van der Waals surface area contributed by atoms with Gasteiger partial charge in [0, 0.05) is 61.8 Å². The molecule has 0 spiro atoms. The minimum Gasteiger partial charge on any atom is -0.511 e. The SMILES string of the molecule is O=[Si](O)O.[La].[Zr]. The molecule has 2 N–H and O–H groups in total. The van der Waals surface area contributed by atoms with Crippen molar-refractivity contribution in [2.75, 3.05) is 0 Å². The molecule has 0 saturated heterocycles. The molecule has 6 heavy (non-hydrogen) atoms. The third-order valence-corrected chi connectivity index (χ3v) is 0. The average molecular weight is 308 g/mol. The van der Waals surface area contributed by atoms with Gasteiger partial charge < -0.3 is 9.59 Å². The van der Waals surface area contributed by atoms with Crippen molar-refractivity contribution < 1.29 is 75.9 Å². The Kier molecular flexibility index (Phi) is 25.7. The Bertz CT molecular complexity index is 33.8. The molecule has 0 atom stereocenters. The van der Waals surface area contributed by atoms with Crippen LogP contribution in [-0.2, 0) is 30.7 Å². The van der Waals surface area contributed by atoms with Gasteiger partial charge in [-0.2, -0.15) is 0 Å². The van der Waals surface area contributed by atoms with Crippen molar-refractivity contribution in [3.05, 3.63) is 0 Å². The van der Waals surface area contributed by atoms with Gasteiger partial charge in [-0.3, -0.25) is 4.46 Å². The van der Waals surface area contributed by atoms with E-state index in [1.807, 2.05) is 0 Å². The average Bonchev–Trinajstić information content (AvgIpc) is 0.811. The maximum absolute atomic E-state index is 8.74. The van der Waals surface area contributed by atoms with Crippen molar-refractivity contribution in [3.63, 3.8) is 0 Å². The van der Waals surface area contributed by atoms with E-state index >= 15 is 0 Å². The normalized spacial score (nSPS) is 4.00. The maximum atomic E-state index is 8.74. The van der Waals surface area contributed by atoms with Crippen molar-refractivity contribution in [2.24, 2.45) is 0 Å². The minimum atomic E-state index is -3.13. The zero-order valence-corrected chi connectivity index (χ0v) is 9.96. The summed E-state index contributed by atoms with van der Waals surface area (Å²) in [7, 11) is -3.13. The summed E-state index contributed by atoms with van der Waals surface area (Å²) in [5, 5.41) is 0. The second kappa shape index (κ2) is 9.85. The fraction of sp³-hybridized carbons (Fsp3) is 0. The molecule has 6 heteroatoms. The standard InChI is InChI=1S/La.H2O3Si.Zr/c;1-4(2)3;/h;1-2H;. The third kappa shape index (κ3) is 43.7. The Labute approximate surface area is 83.8 Å². The molecule has 0 aliphatic rings. The van der Waals surface area contributed by atoms with Crippen molar-refractivity contribution in [3.8, 4) is 0 Å². The second-order valence-electron chi connectivity index (χ2n) is 0.283. The summed E-state index contributed by atoms with van der Waals surface area (Å²) in [6.45, 7) is 0. The number of hydrogen-bond donors (Lipinski definition) is 2. The van der Waals surface area contributed by atoms with Crippen LogP contribution in [0.3, 0.4) is 0 Å². The largest absolute Gasteiger partial charge is 0.761 e. The zero-order chi connectivity index (χ0) is 3.58. The Morgan fingerprint density at radius 2 is 1.33 bits per heavy atom. The van der Waals surface area contributed by atoms with Gasteiger partial charge in [-0.1, -0.05) is 0 Å². The van der Waals surface area contributed by atoms with Gasteiger partial charge >= 0.3 is 9.17 Å². The predicted molar refractivity (Wildman–Crippen MR) is 10.9 cm³/mol. The molecular formula is H2LaO3SiZr. The third-order valence-electron chi connectivity index (χ3n) is 0. The molecule has 1 radical (unpaired) electrons. The van der Waals surface area contributed by atoms with E-state index in [0.29, 0.717) is 0 Å². The van der Waals surface area contributed by atoms with Gasteiger partial charge in [-0.15, -0.1) is 0 Å². The molecule has 0 aromatic heterocycles. The van der Waals surface area contributed by atoms with Crippen LogP contribution in [0.5, 0.6) is 0 Å². The van der Waals surface area contributed by atoms with Gasteiger partial charge in [-0.25, -0.2) is 0 Å². The van der Waals surface area contributed by atoms with E-state index in [1.165, 1.54) is 0 Å². The van der Waals surface area contributed by atoms with Crippen LogP contribution >= 0.6 is 0 Å². The van der Waals surface area contributed by atoms with Crippen LogP contribution in [0.2, 0.25) is 0 Å². The van der Waals surface area contributed by atoms with E-state index in [2.05, 4.69) is 0 Å². The molecule has 0 aliphatic heterocycles. The summed E-state index contributed by atoms with van der Waals surface area (Å²) in [5.74, 6) is 0. The molecule has 0 rings (SSSR count). The molecule has 0 amide bonds. The Morgan fingerprint density at radius 3 is 1.33 bits per heavy atom. The van der Waals surface area contributed by atoms with E-state index in [9.17, 15) is 0 Å². The van der Waals surface area contributed by atoms with Crippen molar-refractivity contribution in [1.29, 1.82) is 0 Å². The molecule has 0 saturated carbocycles. The molecule has 31 valence electrons. The van der Waals surface area contributed by atoms with Crippen molar-refractivity contribution in [1.82, 2.24) is 0 Å². The molecule has 0 bridgehead atoms. The van der Waals surface area contributed by atoms with Gasteiger partial charge in [-0.05, 0) is 0 Å². The van der Waals surface area contributed by atoms with Gasteiger partial charge in [0.1, 0.15) is 0 Å². The smallest absolute Gasteiger partial charge is 0.511 e. The summed E-state index contributed by atoms with van der Waals surface area (Å²) in [5.41, 5.74) is 0. The minimum absolute atomic E-state index is 0. The summed E-state index contributed by atoms with van der Waals surface area (Å²) < 4.78 is 8.74. The van der Waals surface area contributed by atoms with Crippen LogP contribution in [0.25, 0.3) is 0 Å². The van der Waals surface area contributed by atoms with Gasteiger partial charge in [0.2, 0.25) is 0 Å². The van der Waals surface area contributed by atoms with Crippen LogP contribution in [-0.4, -0.2) is 18.8 Å². The Morgan fingerprint density at radius 1 is 1.33 bits per heavy atom. The summed E-state index contributed by atoms with van der Waals surface area (Å²) in [6.07, 6.45) is 0. The van der Waals surface area contributed by atoms with Crippen LogP contribution in [0.4, 0.5) is 0 Å². The molecule has 0 aliphatic carbocycles. The van der Waals surface area contributed by atoms with Crippen molar-refractivity contribution >= 4 is 9.17 Å². The molecule has 0 fully saturated rings. The topological polar surface area (TPSA) is 57.5 Å². The molecule has 3 nitrogen and oxygen atoms in total. The maximum Gasteiger partial charge on any atom is 0.761 e. The van der Waals surface area contributed by atoms with Crippen molar-refractivity contribution in [2.45, 2.75) is 0 Å². The van der Waals surface area contributed by atoms with Gasteiger partial charge in [0.05, 0.1) is 0 Å². The quantitative estimate of drug-likeness (QED) is 0.529. The molecule has 0 aromatic carbocycles. The fourth-order valence-electron chi connectivity index (χ4n) is 0. The Hall–Kier alpha value is 1.69. The summed E-state index contributed by atoms with van der Waals surface area (Å²) >= 11 is 0. The molecule has 0 heterocycles. The van der Waals surface area contributed by atoms with Crippen LogP contribution in [0, 0.1) is 35.6 Å². The first-order chi connectivity index (χ1) is 1.73. The van der Waals surface area contributed by atoms with E-state index in [-0.39, 0.29) is 61.8 Å². The van der Waals surface area contributed by atoms with Gasteiger partial charge in [0.25, 0.3) is 0 Å². The van der Waals surface area contributed by atoms with E-state index in [1.54, 1.807) is 0 Å². The van der Waals surface area contributed by atoms with E-state index in [0.717, 1.165) is 0 Å². The molecule has 0 aromatic rings. The molecular weight excluding hydrogens is 306 g/mol. The summed E-state index contributed by atoms with van der Waals surface area (Å²) in [6, 6.07) is 0. The van der Waals surface area contributed by atoms with E-state index < -0.39 is 9.17 Å². The van der Waals surface area contributed by atoms with Crippen LogP contribution in [0.15, 0.2) is 0 Å². The monoisotopic (exact) mass is 307 g/mol. The number of rotatable bonds is 0. The first-order valence-corrected chi connectivity index (χ1v) is 1.95. The van der Waals surface area contributed by atoms with Crippen LogP contribution < -0.4 is 0 Å². The van der Waals surface area contributed by atoms with Crippen LogP contribution in [0.1, 0.15) is 0 Å². The molecule has 0 unspecified atom stereocenters. The fourth-order valence-corrected chi connectivity index (χ4v) is 0. The number of hydrogen-bond acceptors (Lipinski definition) is 1. The predicted octanol–water partition coefficient (Wildman–Crippen LogP) is -1.62. The summed E-state index contributed by atoms with van der Waals surface area (Å²) in [4.78, 5) is 14.3.